The molecular formula is C14H17F3O3. The van der Waals surface area contributed by atoms with Crippen LogP contribution in [0.2, 0.25) is 0 Å². The topological polar surface area (TPSA) is 35.5 Å². The van der Waals surface area contributed by atoms with Crippen LogP contribution in [0.25, 0.3) is 0 Å². The van der Waals surface area contributed by atoms with Gasteiger partial charge < -0.3 is 9.47 Å². The molecule has 3 nitrogen and oxygen atoms in total. The number of hydrogen-bond donors (Lipinski definition) is 0. The van der Waals surface area contributed by atoms with E-state index >= 15 is 0 Å². The van der Waals surface area contributed by atoms with E-state index in [4.69, 9.17) is 9.47 Å². The van der Waals surface area contributed by atoms with Crippen molar-refractivity contribution >= 4 is 5.97 Å². The lowest BCUT2D eigenvalue weighted by atomic mass is 10.2. The zero-order valence-corrected chi connectivity index (χ0v) is 11.4. The molecule has 0 heterocycles. The van der Waals surface area contributed by atoms with Gasteiger partial charge in [0, 0.05) is 0 Å². The Bertz CT molecular complexity index is 426. The molecule has 1 aromatic carbocycles. The third-order valence-corrected chi connectivity index (χ3v) is 2.56. The monoisotopic (exact) mass is 290 g/mol. The SMILES string of the molecule is CCCC(Oc1ccc(C(F)(F)F)cc1)C(=O)OCC. The average Bonchev–Trinajstić information content (AvgIpc) is 2.38. The maximum Gasteiger partial charge on any atom is 0.416 e. The van der Waals surface area contributed by atoms with Gasteiger partial charge in [0.05, 0.1) is 12.2 Å². The lowest BCUT2D eigenvalue weighted by Crippen LogP contribution is -2.29. The fourth-order valence-electron chi connectivity index (χ4n) is 1.61. The van der Waals surface area contributed by atoms with Crippen LogP contribution in [-0.2, 0) is 15.7 Å². The highest BCUT2D eigenvalue weighted by Crippen LogP contribution is 2.30. The Morgan fingerprint density at radius 3 is 2.25 bits per heavy atom. The third-order valence-electron chi connectivity index (χ3n) is 2.56. The molecule has 0 spiro atoms. The highest BCUT2D eigenvalue weighted by Gasteiger charge is 2.30. The summed E-state index contributed by atoms with van der Waals surface area (Å²) in [7, 11) is 0. The van der Waals surface area contributed by atoms with E-state index < -0.39 is 23.8 Å². The number of benzene rings is 1. The van der Waals surface area contributed by atoms with Crippen LogP contribution in [0.15, 0.2) is 24.3 Å². The van der Waals surface area contributed by atoms with Crippen molar-refractivity contribution in [2.45, 2.75) is 39.0 Å². The molecule has 0 saturated heterocycles. The van der Waals surface area contributed by atoms with Gasteiger partial charge in [-0.2, -0.15) is 13.2 Å². The Balaban J connectivity index is 2.76. The van der Waals surface area contributed by atoms with Gasteiger partial charge >= 0.3 is 12.1 Å². The summed E-state index contributed by atoms with van der Waals surface area (Å²) in [4.78, 5) is 11.6. The standard InChI is InChI=1S/C14H17F3O3/c1-3-5-12(13(18)19-4-2)20-11-8-6-10(7-9-11)14(15,16)17/h6-9,12H,3-5H2,1-2H3. The number of rotatable bonds is 6. The van der Waals surface area contributed by atoms with Gasteiger partial charge in [-0.15, -0.1) is 0 Å². The second-order valence-electron chi connectivity index (χ2n) is 4.17. The Morgan fingerprint density at radius 1 is 1.20 bits per heavy atom. The number of ether oxygens (including phenoxy) is 2. The molecule has 1 atom stereocenters. The van der Waals surface area contributed by atoms with E-state index in [1.165, 1.54) is 12.1 Å². The van der Waals surface area contributed by atoms with Crippen LogP contribution < -0.4 is 4.74 Å². The highest BCUT2D eigenvalue weighted by atomic mass is 19.4. The number of halogens is 3. The van der Waals surface area contributed by atoms with E-state index in [9.17, 15) is 18.0 Å². The molecule has 0 aliphatic carbocycles. The molecule has 1 rings (SSSR count). The smallest absolute Gasteiger partial charge is 0.416 e. The van der Waals surface area contributed by atoms with E-state index in [-0.39, 0.29) is 12.4 Å². The molecule has 0 aliphatic heterocycles. The van der Waals surface area contributed by atoms with Crippen molar-refractivity contribution in [1.29, 1.82) is 0 Å². The van der Waals surface area contributed by atoms with Crippen molar-refractivity contribution < 1.29 is 27.4 Å². The van der Waals surface area contributed by atoms with Crippen LogP contribution in [0.1, 0.15) is 32.3 Å². The average molecular weight is 290 g/mol. The summed E-state index contributed by atoms with van der Waals surface area (Å²) in [5.74, 6) is -0.293. The zero-order chi connectivity index (χ0) is 15.2. The summed E-state index contributed by atoms with van der Waals surface area (Å²) in [6.45, 7) is 3.79. The molecule has 0 aliphatic rings. The number of hydrogen-bond acceptors (Lipinski definition) is 3. The van der Waals surface area contributed by atoms with Gasteiger partial charge in [0.2, 0.25) is 0 Å². The maximum absolute atomic E-state index is 12.4. The van der Waals surface area contributed by atoms with Gasteiger partial charge in [-0.1, -0.05) is 13.3 Å². The summed E-state index contributed by atoms with van der Waals surface area (Å²) in [5.41, 5.74) is -0.756. The van der Waals surface area contributed by atoms with Crippen molar-refractivity contribution in [2.75, 3.05) is 6.61 Å². The summed E-state index contributed by atoms with van der Waals surface area (Å²) in [6.07, 6.45) is -4.04. The van der Waals surface area contributed by atoms with Crippen molar-refractivity contribution in [2.24, 2.45) is 0 Å². The lowest BCUT2D eigenvalue weighted by Gasteiger charge is -2.17. The first-order chi connectivity index (χ1) is 9.38. The molecule has 6 heteroatoms. The van der Waals surface area contributed by atoms with E-state index in [0.717, 1.165) is 12.1 Å². The first-order valence-corrected chi connectivity index (χ1v) is 6.39. The van der Waals surface area contributed by atoms with Gasteiger partial charge in [0.15, 0.2) is 6.10 Å². The highest BCUT2D eigenvalue weighted by molar-refractivity contribution is 5.75. The number of alkyl halides is 3. The molecule has 20 heavy (non-hydrogen) atoms. The number of esters is 1. The zero-order valence-electron chi connectivity index (χ0n) is 11.4. The van der Waals surface area contributed by atoms with Crippen molar-refractivity contribution in [3.8, 4) is 5.75 Å². The summed E-state index contributed by atoms with van der Waals surface area (Å²) >= 11 is 0. The summed E-state index contributed by atoms with van der Waals surface area (Å²) in [6, 6.07) is 4.24. The number of carbonyl (C=O) groups excluding carboxylic acids is 1. The molecule has 0 saturated carbocycles. The van der Waals surface area contributed by atoms with E-state index in [0.29, 0.717) is 12.8 Å². The van der Waals surface area contributed by atoms with Crippen LogP contribution in [0.4, 0.5) is 13.2 Å². The van der Waals surface area contributed by atoms with E-state index in [1.54, 1.807) is 6.92 Å². The summed E-state index contributed by atoms with van der Waals surface area (Å²) < 4.78 is 47.5. The van der Waals surface area contributed by atoms with Gasteiger partial charge in [0.1, 0.15) is 5.75 Å². The molecule has 0 radical (unpaired) electrons. The van der Waals surface area contributed by atoms with Crippen molar-refractivity contribution in [3.05, 3.63) is 29.8 Å². The van der Waals surface area contributed by atoms with Crippen LogP contribution in [0, 0.1) is 0 Å². The van der Waals surface area contributed by atoms with Crippen LogP contribution >= 0.6 is 0 Å². The Labute approximate surface area is 115 Å². The maximum atomic E-state index is 12.4. The molecule has 0 bridgehead atoms. The summed E-state index contributed by atoms with van der Waals surface area (Å²) in [5, 5.41) is 0. The molecule has 0 amide bonds. The molecule has 0 aromatic heterocycles. The van der Waals surface area contributed by atoms with Gasteiger partial charge in [-0.3, -0.25) is 0 Å². The van der Waals surface area contributed by atoms with Crippen LogP contribution in [-0.4, -0.2) is 18.7 Å². The Morgan fingerprint density at radius 2 is 1.80 bits per heavy atom. The quantitative estimate of drug-likeness (QED) is 0.747. The third kappa shape index (κ3) is 4.75. The fourth-order valence-corrected chi connectivity index (χ4v) is 1.61. The minimum absolute atomic E-state index is 0.213. The first kappa shape index (κ1) is 16.3. The molecule has 0 fully saturated rings. The van der Waals surface area contributed by atoms with E-state index in [2.05, 4.69) is 0 Å². The second-order valence-corrected chi connectivity index (χ2v) is 4.17. The molecule has 112 valence electrons. The Hall–Kier alpha value is -1.72. The molecule has 1 unspecified atom stereocenters. The van der Waals surface area contributed by atoms with Crippen LogP contribution in [0.3, 0.4) is 0 Å². The van der Waals surface area contributed by atoms with E-state index in [1.807, 2.05) is 6.92 Å². The minimum atomic E-state index is -4.39. The fraction of sp³-hybridized carbons (Fsp3) is 0.500. The normalized spacial score (nSPS) is 12.8. The first-order valence-electron chi connectivity index (χ1n) is 6.39. The molecular weight excluding hydrogens is 273 g/mol. The largest absolute Gasteiger partial charge is 0.479 e. The van der Waals surface area contributed by atoms with Gasteiger partial charge in [0.25, 0.3) is 0 Å². The van der Waals surface area contributed by atoms with Crippen molar-refractivity contribution in [3.63, 3.8) is 0 Å². The van der Waals surface area contributed by atoms with Gasteiger partial charge in [-0.25, -0.2) is 4.79 Å². The van der Waals surface area contributed by atoms with Crippen molar-refractivity contribution in [1.82, 2.24) is 0 Å². The molecule has 0 N–H and O–H groups in total. The Kier molecular flexibility index (Phi) is 5.85. The lowest BCUT2D eigenvalue weighted by molar-refractivity contribution is -0.151. The molecule has 1 aromatic rings. The van der Waals surface area contributed by atoms with Crippen LogP contribution in [0.5, 0.6) is 5.75 Å². The predicted octanol–water partition coefficient (Wildman–Crippen LogP) is 3.82. The minimum Gasteiger partial charge on any atom is -0.479 e. The van der Waals surface area contributed by atoms with Gasteiger partial charge in [-0.05, 0) is 37.6 Å². The predicted molar refractivity (Wildman–Crippen MR) is 67.4 cm³/mol. The number of carbonyl (C=O) groups is 1. The second kappa shape index (κ2) is 7.17.